The van der Waals surface area contributed by atoms with Crippen LogP contribution in [0.5, 0.6) is 0 Å². The van der Waals surface area contributed by atoms with E-state index in [1.165, 1.54) is 16.7 Å². The zero-order valence-electron chi connectivity index (χ0n) is 10.4. The number of hydrogen-bond donors (Lipinski definition) is 1. The molecule has 0 saturated carbocycles. The zero-order chi connectivity index (χ0) is 12.4. The molecule has 1 heterocycles. The van der Waals surface area contributed by atoms with E-state index in [0.717, 1.165) is 19.5 Å². The average molecular weight is 233 g/mol. The lowest BCUT2D eigenvalue weighted by molar-refractivity contribution is -0.141. The molecule has 0 aromatic heterocycles. The monoisotopic (exact) mass is 233 g/mol. The zero-order valence-corrected chi connectivity index (χ0v) is 10.4. The van der Waals surface area contributed by atoms with E-state index in [1.807, 2.05) is 0 Å². The van der Waals surface area contributed by atoms with Crippen molar-refractivity contribution in [2.24, 2.45) is 5.92 Å². The molecule has 1 aliphatic rings. The number of aryl methyl sites for hydroxylation is 2. The van der Waals surface area contributed by atoms with E-state index in [9.17, 15) is 4.79 Å². The van der Waals surface area contributed by atoms with Crippen molar-refractivity contribution in [2.75, 3.05) is 13.1 Å². The molecular formula is C14H19NO2. The van der Waals surface area contributed by atoms with Gasteiger partial charge in [-0.2, -0.15) is 0 Å². The molecule has 1 aliphatic heterocycles. The number of carboxylic acid groups (broad SMARTS) is 1. The second-order valence-corrected chi connectivity index (χ2v) is 4.99. The Morgan fingerprint density at radius 3 is 2.88 bits per heavy atom. The van der Waals surface area contributed by atoms with E-state index in [4.69, 9.17) is 5.11 Å². The minimum absolute atomic E-state index is 0.180. The van der Waals surface area contributed by atoms with Crippen LogP contribution >= 0.6 is 0 Å². The molecule has 0 aliphatic carbocycles. The van der Waals surface area contributed by atoms with Gasteiger partial charge in [0.05, 0.1) is 5.92 Å². The number of benzene rings is 1. The third-order valence-corrected chi connectivity index (χ3v) is 3.52. The molecule has 0 bridgehead atoms. The largest absolute Gasteiger partial charge is 0.481 e. The molecule has 92 valence electrons. The van der Waals surface area contributed by atoms with Crippen LogP contribution in [0.25, 0.3) is 0 Å². The van der Waals surface area contributed by atoms with E-state index in [2.05, 4.69) is 36.9 Å². The Labute approximate surface area is 102 Å². The summed E-state index contributed by atoms with van der Waals surface area (Å²) in [4.78, 5) is 13.1. The summed E-state index contributed by atoms with van der Waals surface area (Å²) in [6.45, 7) is 6.65. The van der Waals surface area contributed by atoms with Crippen molar-refractivity contribution >= 4 is 5.97 Å². The van der Waals surface area contributed by atoms with Gasteiger partial charge in [-0.05, 0) is 37.9 Å². The summed E-state index contributed by atoms with van der Waals surface area (Å²) >= 11 is 0. The normalized spacial score (nSPS) is 20.7. The van der Waals surface area contributed by atoms with E-state index in [-0.39, 0.29) is 5.92 Å². The molecule has 0 radical (unpaired) electrons. The fraction of sp³-hybridized carbons (Fsp3) is 0.500. The quantitative estimate of drug-likeness (QED) is 0.870. The number of carboxylic acids is 1. The third-order valence-electron chi connectivity index (χ3n) is 3.52. The van der Waals surface area contributed by atoms with Crippen molar-refractivity contribution in [2.45, 2.75) is 26.8 Å². The first kappa shape index (κ1) is 12.1. The minimum atomic E-state index is -0.659. The number of hydrogen-bond acceptors (Lipinski definition) is 2. The van der Waals surface area contributed by atoms with E-state index < -0.39 is 5.97 Å². The number of nitrogens with zero attached hydrogens (tertiary/aromatic N) is 1. The SMILES string of the molecule is Cc1ccc(C)c(CN2CC[C@H](C(=O)O)C2)c1. The second-order valence-electron chi connectivity index (χ2n) is 4.99. The van der Waals surface area contributed by atoms with Crippen molar-refractivity contribution < 1.29 is 9.90 Å². The highest BCUT2D eigenvalue weighted by molar-refractivity contribution is 5.70. The molecular weight excluding hydrogens is 214 g/mol. The maximum absolute atomic E-state index is 10.9. The molecule has 1 fully saturated rings. The van der Waals surface area contributed by atoms with Crippen molar-refractivity contribution in [1.82, 2.24) is 4.90 Å². The highest BCUT2D eigenvalue weighted by atomic mass is 16.4. The number of likely N-dealkylation sites (tertiary alicyclic amines) is 1. The molecule has 0 amide bonds. The average Bonchev–Trinajstić information content (AvgIpc) is 2.72. The van der Waals surface area contributed by atoms with Crippen LogP contribution in [-0.2, 0) is 11.3 Å². The van der Waals surface area contributed by atoms with Crippen LogP contribution in [0.2, 0.25) is 0 Å². The first-order valence-electron chi connectivity index (χ1n) is 6.07. The predicted molar refractivity (Wildman–Crippen MR) is 66.9 cm³/mol. The first-order chi connectivity index (χ1) is 8.06. The van der Waals surface area contributed by atoms with Gasteiger partial charge in [-0.3, -0.25) is 9.69 Å². The van der Waals surface area contributed by atoms with Gasteiger partial charge in [0, 0.05) is 13.1 Å². The fourth-order valence-electron chi connectivity index (χ4n) is 2.39. The summed E-state index contributed by atoms with van der Waals surface area (Å²) in [5.74, 6) is -0.839. The van der Waals surface area contributed by atoms with Gasteiger partial charge in [0.2, 0.25) is 0 Å². The standard InChI is InChI=1S/C14H19NO2/c1-10-3-4-11(2)13(7-10)9-15-6-5-12(8-15)14(16)17/h3-4,7,12H,5-6,8-9H2,1-2H3,(H,16,17)/t12-/m0/s1. The van der Waals surface area contributed by atoms with Gasteiger partial charge >= 0.3 is 5.97 Å². The van der Waals surface area contributed by atoms with Crippen LogP contribution in [0.4, 0.5) is 0 Å². The molecule has 1 N–H and O–H groups in total. The lowest BCUT2D eigenvalue weighted by Crippen LogP contribution is -2.23. The van der Waals surface area contributed by atoms with Gasteiger partial charge in [-0.25, -0.2) is 0 Å². The Morgan fingerprint density at radius 1 is 1.47 bits per heavy atom. The van der Waals surface area contributed by atoms with Crippen molar-refractivity contribution in [3.8, 4) is 0 Å². The van der Waals surface area contributed by atoms with Gasteiger partial charge in [0.15, 0.2) is 0 Å². The molecule has 1 saturated heterocycles. The molecule has 17 heavy (non-hydrogen) atoms. The van der Waals surface area contributed by atoms with Gasteiger partial charge in [-0.1, -0.05) is 23.8 Å². The van der Waals surface area contributed by atoms with Crippen LogP contribution in [0.15, 0.2) is 18.2 Å². The minimum Gasteiger partial charge on any atom is -0.481 e. The second kappa shape index (κ2) is 4.88. The van der Waals surface area contributed by atoms with Gasteiger partial charge < -0.3 is 5.11 Å². The Morgan fingerprint density at radius 2 is 2.24 bits per heavy atom. The van der Waals surface area contributed by atoms with Crippen molar-refractivity contribution in [3.63, 3.8) is 0 Å². The molecule has 1 aromatic carbocycles. The summed E-state index contributed by atoms with van der Waals surface area (Å²) < 4.78 is 0. The van der Waals surface area contributed by atoms with Crippen LogP contribution in [-0.4, -0.2) is 29.1 Å². The first-order valence-corrected chi connectivity index (χ1v) is 6.07. The number of aliphatic carboxylic acids is 1. The van der Waals surface area contributed by atoms with E-state index in [0.29, 0.717) is 6.54 Å². The third kappa shape index (κ3) is 2.86. The summed E-state index contributed by atoms with van der Waals surface area (Å²) in [7, 11) is 0. The molecule has 3 nitrogen and oxygen atoms in total. The molecule has 0 spiro atoms. The molecule has 3 heteroatoms. The van der Waals surface area contributed by atoms with Crippen LogP contribution in [0, 0.1) is 19.8 Å². The highest BCUT2D eigenvalue weighted by Crippen LogP contribution is 2.20. The predicted octanol–water partition coefficient (Wildman–Crippen LogP) is 2.21. The van der Waals surface area contributed by atoms with Crippen molar-refractivity contribution in [1.29, 1.82) is 0 Å². The molecule has 1 atom stereocenters. The Hall–Kier alpha value is -1.35. The van der Waals surface area contributed by atoms with Gasteiger partial charge in [0.25, 0.3) is 0 Å². The van der Waals surface area contributed by atoms with E-state index in [1.54, 1.807) is 0 Å². The topological polar surface area (TPSA) is 40.5 Å². The summed E-state index contributed by atoms with van der Waals surface area (Å²) in [5, 5.41) is 8.97. The number of carbonyl (C=O) groups is 1. The fourth-order valence-corrected chi connectivity index (χ4v) is 2.39. The summed E-state index contributed by atoms with van der Waals surface area (Å²) in [6.07, 6.45) is 0.778. The van der Waals surface area contributed by atoms with Gasteiger partial charge in [-0.15, -0.1) is 0 Å². The number of rotatable bonds is 3. The smallest absolute Gasteiger partial charge is 0.307 e. The van der Waals surface area contributed by atoms with Crippen LogP contribution in [0.3, 0.4) is 0 Å². The van der Waals surface area contributed by atoms with Crippen molar-refractivity contribution in [3.05, 3.63) is 34.9 Å². The Balaban J connectivity index is 2.02. The molecule has 1 aromatic rings. The van der Waals surface area contributed by atoms with Crippen LogP contribution in [0.1, 0.15) is 23.1 Å². The molecule has 0 unspecified atom stereocenters. The maximum atomic E-state index is 10.9. The summed E-state index contributed by atoms with van der Waals surface area (Å²) in [6, 6.07) is 6.45. The highest BCUT2D eigenvalue weighted by Gasteiger charge is 2.27. The lowest BCUT2D eigenvalue weighted by atomic mass is 10.1. The summed E-state index contributed by atoms with van der Waals surface area (Å²) in [5.41, 5.74) is 3.87. The maximum Gasteiger partial charge on any atom is 0.307 e. The Bertz CT molecular complexity index is 428. The van der Waals surface area contributed by atoms with Gasteiger partial charge in [0.1, 0.15) is 0 Å². The van der Waals surface area contributed by atoms with Crippen LogP contribution < -0.4 is 0 Å². The lowest BCUT2D eigenvalue weighted by Gasteiger charge is -2.17. The Kier molecular flexibility index (Phi) is 3.48. The molecule has 2 rings (SSSR count). The van der Waals surface area contributed by atoms with E-state index >= 15 is 0 Å².